The van der Waals surface area contributed by atoms with Crippen LogP contribution in [0, 0.1) is 6.92 Å². The van der Waals surface area contributed by atoms with Crippen molar-refractivity contribution in [1.29, 1.82) is 0 Å². The fourth-order valence-corrected chi connectivity index (χ4v) is 3.60. The molecule has 0 unspecified atom stereocenters. The van der Waals surface area contributed by atoms with E-state index < -0.39 is 0 Å². The molecule has 7 nitrogen and oxygen atoms in total. The van der Waals surface area contributed by atoms with E-state index in [1.54, 1.807) is 29.7 Å². The molecule has 8 heteroatoms. The molecular weight excluding hydrogens is 398 g/mol. The van der Waals surface area contributed by atoms with Crippen LogP contribution in [0.2, 0.25) is 0 Å². The van der Waals surface area contributed by atoms with Crippen molar-refractivity contribution in [1.82, 2.24) is 20.9 Å². The molecule has 3 N–H and O–H groups in total. The van der Waals surface area contributed by atoms with Crippen molar-refractivity contribution >= 4 is 23.2 Å². The van der Waals surface area contributed by atoms with Crippen molar-refractivity contribution in [2.45, 2.75) is 33.4 Å². The van der Waals surface area contributed by atoms with Gasteiger partial charge in [0.25, 0.3) is 5.91 Å². The average Bonchev–Trinajstić information content (AvgIpc) is 3.42. The van der Waals surface area contributed by atoms with E-state index in [0.29, 0.717) is 18.7 Å². The Morgan fingerprint density at radius 1 is 1.20 bits per heavy atom. The van der Waals surface area contributed by atoms with Crippen LogP contribution in [-0.4, -0.2) is 29.9 Å². The van der Waals surface area contributed by atoms with Crippen molar-refractivity contribution < 1.29 is 9.21 Å². The molecule has 0 fully saturated rings. The van der Waals surface area contributed by atoms with Crippen LogP contribution in [0.4, 0.5) is 0 Å². The van der Waals surface area contributed by atoms with Gasteiger partial charge in [-0.25, -0.2) is 9.98 Å². The summed E-state index contributed by atoms with van der Waals surface area (Å²) in [6.07, 6.45) is 4.35. The number of aliphatic imine (C=N–C) groups is 1. The minimum atomic E-state index is -0.138. The van der Waals surface area contributed by atoms with Crippen molar-refractivity contribution in [2.75, 3.05) is 13.1 Å². The smallest absolute Gasteiger partial charge is 0.251 e. The number of nitrogens with one attached hydrogen (secondary N) is 3. The van der Waals surface area contributed by atoms with Crippen LogP contribution in [0.25, 0.3) is 0 Å². The molecule has 2 heterocycles. The molecule has 3 rings (SSSR count). The molecule has 0 atom stereocenters. The maximum Gasteiger partial charge on any atom is 0.251 e. The lowest BCUT2D eigenvalue weighted by Gasteiger charge is -2.11. The second-order valence-electron chi connectivity index (χ2n) is 6.70. The molecule has 0 spiro atoms. The summed E-state index contributed by atoms with van der Waals surface area (Å²) in [7, 11) is 0. The summed E-state index contributed by atoms with van der Waals surface area (Å²) in [6.45, 7) is 6.47. The summed E-state index contributed by atoms with van der Waals surface area (Å²) < 4.78 is 5.24. The van der Waals surface area contributed by atoms with E-state index in [1.165, 1.54) is 4.88 Å². The zero-order valence-corrected chi connectivity index (χ0v) is 18.1. The van der Waals surface area contributed by atoms with E-state index in [2.05, 4.69) is 32.9 Å². The zero-order chi connectivity index (χ0) is 21.2. The Kier molecular flexibility index (Phi) is 8.02. The summed E-state index contributed by atoms with van der Waals surface area (Å²) >= 11 is 1.72. The number of thiazole rings is 1. The fraction of sp³-hybridized carbons (Fsp3) is 0.318. The van der Waals surface area contributed by atoms with Crippen molar-refractivity contribution in [3.63, 3.8) is 0 Å². The summed E-state index contributed by atoms with van der Waals surface area (Å²) in [4.78, 5) is 22.6. The highest BCUT2D eigenvalue weighted by Gasteiger charge is 2.07. The number of aromatic nitrogens is 1. The molecule has 0 radical (unpaired) electrons. The van der Waals surface area contributed by atoms with Crippen LogP contribution in [0.1, 0.15) is 38.5 Å². The highest BCUT2D eigenvalue weighted by Crippen LogP contribution is 2.11. The van der Waals surface area contributed by atoms with Crippen LogP contribution in [-0.2, 0) is 19.5 Å². The molecule has 0 bridgehead atoms. The number of carbonyl (C=O) groups excluding carboxylic acids is 1. The van der Waals surface area contributed by atoms with Gasteiger partial charge in [-0.05, 0) is 43.7 Å². The first-order chi connectivity index (χ1) is 14.6. The minimum absolute atomic E-state index is 0.138. The molecule has 0 aliphatic carbocycles. The SMILES string of the molecule is CCNC(=NCc1cccc(C(=O)NCc2ccco2)c1)NCCc1ncc(C)s1. The number of hydrogen-bond acceptors (Lipinski definition) is 5. The number of nitrogens with zero attached hydrogens (tertiary/aromatic N) is 2. The molecular formula is C22H27N5O2S. The Labute approximate surface area is 180 Å². The third-order valence-electron chi connectivity index (χ3n) is 4.26. The predicted octanol–water partition coefficient (Wildman–Crippen LogP) is 3.27. The lowest BCUT2D eigenvalue weighted by Crippen LogP contribution is -2.38. The third kappa shape index (κ3) is 6.73. The number of rotatable bonds is 9. The van der Waals surface area contributed by atoms with Crippen LogP contribution < -0.4 is 16.0 Å². The molecule has 0 saturated carbocycles. The monoisotopic (exact) mass is 425 g/mol. The van der Waals surface area contributed by atoms with Gasteiger partial charge in [0.15, 0.2) is 5.96 Å². The Balaban J connectivity index is 1.54. The standard InChI is InChI=1S/C22H27N5O2S/c1-3-23-22(24-10-9-20-25-13-16(2)30-20)27-14-17-6-4-7-18(12-17)21(28)26-15-19-8-5-11-29-19/h4-8,11-13H,3,9-10,14-15H2,1-2H3,(H,26,28)(H2,23,24,27). The van der Waals surface area contributed by atoms with Crippen LogP contribution >= 0.6 is 11.3 Å². The lowest BCUT2D eigenvalue weighted by atomic mass is 10.1. The molecule has 1 aromatic carbocycles. The topological polar surface area (TPSA) is 91.5 Å². The summed E-state index contributed by atoms with van der Waals surface area (Å²) in [5.41, 5.74) is 1.57. The molecule has 0 aliphatic rings. The van der Waals surface area contributed by atoms with Crippen LogP contribution in [0.15, 0.2) is 58.3 Å². The summed E-state index contributed by atoms with van der Waals surface area (Å²) in [6, 6.07) is 11.1. The van der Waals surface area contributed by atoms with Crippen molar-refractivity contribution in [3.05, 3.63) is 75.6 Å². The Hall–Kier alpha value is -3.13. The molecule has 3 aromatic rings. The maximum atomic E-state index is 12.4. The second-order valence-corrected chi connectivity index (χ2v) is 8.02. The normalized spacial score (nSPS) is 11.3. The molecule has 30 heavy (non-hydrogen) atoms. The quantitative estimate of drug-likeness (QED) is 0.362. The van der Waals surface area contributed by atoms with Gasteiger partial charge >= 0.3 is 0 Å². The number of carbonyl (C=O) groups is 1. The minimum Gasteiger partial charge on any atom is -0.467 e. The van der Waals surface area contributed by atoms with Crippen molar-refractivity contribution in [3.8, 4) is 0 Å². The maximum absolute atomic E-state index is 12.4. The first-order valence-electron chi connectivity index (χ1n) is 9.97. The first-order valence-corrected chi connectivity index (χ1v) is 10.8. The van der Waals surface area contributed by atoms with Gasteiger partial charge in [0, 0.05) is 36.1 Å². The van der Waals surface area contributed by atoms with Crippen LogP contribution in [0.5, 0.6) is 0 Å². The number of benzene rings is 1. The highest BCUT2D eigenvalue weighted by atomic mass is 32.1. The number of hydrogen-bond donors (Lipinski definition) is 3. The number of guanidine groups is 1. The summed E-state index contributed by atoms with van der Waals surface area (Å²) in [5.74, 6) is 1.33. The third-order valence-corrected chi connectivity index (χ3v) is 5.23. The highest BCUT2D eigenvalue weighted by molar-refractivity contribution is 7.11. The molecule has 0 aliphatic heterocycles. The molecule has 0 saturated heterocycles. The van der Waals surface area contributed by atoms with Gasteiger partial charge in [0.1, 0.15) is 5.76 Å². The van der Waals surface area contributed by atoms with E-state index >= 15 is 0 Å². The largest absolute Gasteiger partial charge is 0.467 e. The van der Waals surface area contributed by atoms with E-state index in [4.69, 9.17) is 4.42 Å². The predicted molar refractivity (Wildman–Crippen MR) is 120 cm³/mol. The molecule has 158 valence electrons. The van der Waals surface area contributed by atoms with E-state index in [0.717, 1.165) is 41.8 Å². The number of aryl methyl sites for hydroxylation is 1. The summed E-state index contributed by atoms with van der Waals surface area (Å²) in [5, 5.41) is 10.6. The van der Waals surface area contributed by atoms with E-state index in [9.17, 15) is 4.79 Å². The van der Waals surface area contributed by atoms with Gasteiger partial charge in [0.05, 0.1) is 24.4 Å². The van der Waals surface area contributed by atoms with Gasteiger partial charge in [-0.3, -0.25) is 4.79 Å². The zero-order valence-electron chi connectivity index (χ0n) is 17.3. The Morgan fingerprint density at radius 3 is 2.83 bits per heavy atom. The van der Waals surface area contributed by atoms with Gasteiger partial charge in [-0.1, -0.05) is 12.1 Å². The van der Waals surface area contributed by atoms with Crippen molar-refractivity contribution in [2.24, 2.45) is 4.99 Å². The Bertz CT molecular complexity index is 966. The lowest BCUT2D eigenvalue weighted by molar-refractivity contribution is 0.0948. The fourth-order valence-electron chi connectivity index (χ4n) is 2.81. The van der Waals surface area contributed by atoms with Gasteiger partial charge in [-0.15, -0.1) is 11.3 Å². The van der Waals surface area contributed by atoms with E-state index in [1.807, 2.05) is 37.4 Å². The number of amides is 1. The average molecular weight is 426 g/mol. The molecule has 2 aromatic heterocycles. The molecule has 1 amide bonds. The number of furan rings is 1. The Morgan fingerprint density at radius 2 is 2.10 bits per heavy atom. The van der Waals surface area contributed by atoms with Gasteiger partial charge in [0.2, 0.25) is 0 Å². The van der Waals surface area contributed by atoms with E-state index in [-0.39, 0.29) is 5.91 Å². The van der Waals surface area contributed by atoms with Crippen LogP contribution in [0.3, 0.4) is 0 Å². The van der Waals surface area contributed by atoms with Gasteiger partial charge < -0.3 is 20.4 Å². The second kappa shape index (κ2) is 11.2. The first kappa shape index (κ1) is 21.6. The van der Waals surface area contributed by atoms with Gasteiger partial charge in [-0.2, -0.15) is 0 Å².